The molecule has 0 unspecified atom stereocenters. The van der Waals surface area contributed by atoms with E-state index < -0.39 is 43.9 Å². The SMILES string of the molecule is CC.CCCOc1cc(Cl)ccc1CC(=O)N1CCc2ccc(C(F)(F)F)cc21.CCOC(=O)Cc1ccc(Cl)cc1OCCOCc1ccccc1.FC(F)(F)c1ccc2c(c1)CCC2.O=C(Cl)Cc1ccc(Cl)cc1OCCOCc1ccccc1.O=C(O)Cc1ccc(Cl)cc1OCCOCc1ccccc1.O=CO[O-].O=S(Cl)Cl.[Na+]. The van der Waals surface area contributed by atoms with Gasteiger partial charge >= 0.3 is 53.8 Å². The molecule has 1 amide bonds. The molecule has 9 aromatic carbocycles. The van der Waals surface area contributed by atoms with Crippen molar-refractivity contribution < 1.29 is 137 Å². The smallest absolute Gasteiger partial charge is 0.662 e. The molecule has 0 aromatic heterocycles. The van der Waals surface area contributed by atoms with Gasteiger partial charge in [-0.2, -0.15) is 26.3 Å². The van der Waals surface area contributed by atoms with E-state index in [0.717, 1.165) is 76.8 Å². The molecule has 11 rings (SSSR count). The number of rotatable bonds is 31. The number of carboxylic acids is 1. The van der Waals surface area contributed by atoms with Crippen LogP contribution < -0.4 is 58.7 Å². The van der Waals surface area contributed by atoms with Gasteiger partial charge in [-0.1, -0.05) is 195 Å². The summed E-state index contributed by atoms with van der Waals surface area (Å²) in [4.78, 5) is 59.0. The Hall–Kier alpha value is -7.67. The second-order valence-corrected chi connectivity index (χ2v) is 29.3. The van der Waals surface area contributed by atoms with Crippen LogP contribution in [0.3, 0.4) is 0 Å². The molecule has 638 valence electrons. The van der Waals surface area contributed by atoms with Crippen molar-refractivity contribution in [2.45, 2.75) is 118 Å². The van der Waals surface area contributed by atoms with Crippen molar-refractivity contribution in [1.82, 2.24) is 0 Å². The van der Waals surface area contributed by atoms with Gasteiger partial charge in [-0.15, -0.1) is 0 Å². The van der Waals surface area contributed by atoms with Crippen LogP contribution in [0.1, 0.15) is 107 Å². The van der Waals surface area contributed by atoms with Crippen LogP contribution in [0.4, 0.5) is 32.0 Å². The maximum absolute atomic E-state index is 13.0. The van der Waals surface area contributed by atoms with E-state index in [0.29, 0.717) is 151 Å². The van der Waals surface area contributed by atoms with Crippen molar-refractivity contribution in [3.8, 4) is 23.0 Å². The molecule has 1 aliphatic heterocycles. The number of aryl methyl sites for hydroxylation is 2. The van der Waals surface area contributed by atoms with E-state index in [-0.39, 0.29) is 73.6 Å². The standard InChI is InChI=1S/C20H19ClF3NO2.C19H21ClO4.C17H16Cl2O3.C17H17ClO4.C10H9F3.C2H6.CH2O3.Cl2OS.Na/c1-2-9-27-18-12-16(21)6-4-14(18)10-19(26)25-8-7-13-3-5-15(11-17(13)25)20(22,23)24;1-2-23-19(21)12-16-8-9-17(20)13-18(16)24-11-10-22-14-15-6-4-3-5-7-15;2*18-15-7-6-14(10-17(19)20)16(11-15)22-9-8-21-12-13-4-2-1-3-5-13;11-10(12,13)9-5-4-7-2-1-3-8(7)6-9;1-2;2-1-4-3;1-4(2)3;/h3-6,11-12H,2,7-10H2,1H3;3-9,13H,2,10-12,14H2,1H3;1-7,11H,8-10,12H2;1-7,11H,8-10,12H2,(H,19,20);4-6H,1-3H2;1-2H3;1,3H;;/q;;;;;;;;+1/p-1. The van der Waals surface area contributed by atoms with Gasteiger partial charge in [-0.05, 0) is 157 Å². The fourth-order valence-corrected chi connectivity index (χ4v) is 11.7. The summed E-state index contributed by atoms with van der Waals surface area (Å²) >= 11 is 29.3. The molecule has 33 heteroatoms. The summed E-state index contributed by atoms with van der Waals surface area (Å²) in [5.41, 5.74) is 7.80. The summed E-state index contributed by atoms with van der Waals surface area (Å²) in [7, 11) is 7.36. The molecule has 1 aliphatic carbocycles. The number of anilines is 1. The predicted octanol–water partition coefficient (Wildman–Crippen LogP) is 17.8. The van der Waals surface area contributed by atoms with Gasteiger partial charge in [0.2, 0.25) is 20.4 Å². The molecule has 0 fully saturated rings. The summed E-state index contributed by atoms with van der Waals surface area (Å²) in [6.07, 6.45) is -4.39. The number of carbonyl (C=O) groups is 5. The van der Waals surface area contributed by atoms with Gasteiger partial charge in [0, 0.05) is 75.9 Å². The van der Waals surface area contributed by atoms with Crippen LogP contribution >= 0.6 is 79.4 Å². The second-order valence-electron chi connectivity index (χ2n) is 24.6. The van der Waals surface area contributed by atoms with E-state index >= 15 is 0 Å². The van der Waals surface area contributed by atoms with Crippen molar-refractivity contribution in [3.63, 3.8) is 0 Å². The summed E-state index contributed by atoms with van der Waals surface area (Å²) < 4.78 is 129. The maximum Gasteiger partial charge on any atom is 1.00 e. The molecule has 2 aliphatic rings. The summed E-state index contributed by atoms with van der Waals surface area (Å²) in [5.74, 6) is 0.692. The quantitative estimate of drug-likeness (QED) is 0.00622. The largest absolute Gasteiger partial charge is 1.00 e. The third-order valence-electron chi connectivity index (χ3n) is 16.1. The van der Waals surface area contributed by atoms with Crippen molar-refractivity contribution in [2.24, 2.45) is 0 Å². The van der Waals surface area contributed by atoms with Gasteiger partial charge in [0.25, 0.3) is 6.47 Å². The van der Waals surface area contributed by atoms with Gasteiger partial charge in [-0.3, -0.25) is 24.0 Å². The van der Waals surface area contributed by atoms with Crippen molar-refractivity contribution in [2.75, 3.05) is 64.3 Å². The van der Waals surface area contributed by atoms with Crippen LogP contribution in [0, 0.1) is 0 Å². The summed E-state index contributed by atoms with van der Waals surface area (Å²) in [6, 6.07) is 57.6. The molecular formula is C86H89Cl7F6NNaO17S. The molecule has 0 radical (unpaired) electrons. The Labute approximate surface area is 747 Å². The first-order chi connectivity index (χ1) is 56.5. The number of amides is 1. The van der Waals surface area contributed by atoms with Crippen molar-refractivity contribution >= 4 is 124 Å². The Bertz CT molecular complexity index is 4420. The molecule has 1 heterocycles. The van der Waals surface area contributed by atoms with E-state index in [1.165, 1.54) is 23.1 Å². The minimum absolute atomic E-state index is 0. The fraction of sp³-hybridized carbons (Fsp3) is 0.314. The Morgan fingerprint density at radius 3 is 1.22 bits per heavy atom. The van der Waals surface area contributed by atoms with E-state index in [2.05, 4.69) is 26.3 Å². The second kappa shape index (κ2) is 59.1. The summed E-state index contributed by atoms with van der Waals surface area (Å²) in [5, 5.41) is 19.0. The van der Waals surface area contributed by atoms with E-state index in [9.17, 15) is 45.5 Å². The molecule has 119 heavy (non-hydrogen) atoms. The number of esters is 1. The molecule has 0 spiro atoms. The average molecular weight is 1830 g/mol. The predicted molar refractivity (Wildman–Crippen MR) is 446 cm³/mol. The van der Waals surface area contributed by atoms with Crippen LogP contribution in [0.2, 0.25) is 20.1 Å². The molecule has 1 N–H and O–H groups in total. The van der Waals surface area contributed by atoms with Crippen LogP contribution in [0.25, 0.3) is 0 Å². The fourth-order valence-electron chi connectivity index (χ4n) is 10.9. The topological polar surface area (TPSA) is 232 Å². The number of carbonyl (C=O) groups excluding carboxylic acids is 4. The van der Waals surface area contributed by atoms with Crippen LogP contribution in [0.5, 0.6) is 23.0 Å². The number of fused-ring (bicyclic) bond motifs is 2. The Morgan fingerprint density at radius 1 is 0.487 bits per heavy atom. The zero-order chi connectivity index (χ0) is 86.8. The molecule has 0 saturated heterocycles. The van der Waals surface area contributed by atoms with Gasteiger partial charge in [0.1, 0.15) is 42.8 Å². The average Bonchev–Trinajstić information content (AvgIpc) is 1.66. The molecule has 0 atom stereocenters. The number of hydrogen-bond donors (Lipinski definition) is 1. The minimum Gasteiger partial charge on any atom is -0.662 e. The number of benzene rings is 9. The van der Waals surface area contributed by atoms with Crippen molar-refractivity contribution in [1.29, 1.82) is 0 Å². The third-order valence-corrected chi connectivity index (χ3v) is 17.2. The zero-order valence-corrected chi connectivity index (χ0v) is 73.8. The van der Waals surface area contributed by atoms with Gasteiger partial charge in [0.05, 0.1) is 89.7 Å². The normalized spacial score (nSPS) is 11.3. The molecular weight excluding hydrogens is 1740 g/mol. The van der Waals surface area contributed by atoms with Gasteiger partial charge in [0.15, 0.2) is 0 Å². The van der Waals surface area contributed by atoms with Crippen LogP contribution in [0.15, 0.2) is 200 Å². The van der Waals surface area contributed by atoms with E-state index in [4.69, 9.17) is 115 Å². The Kier molecular flexibility index (Phi) is 52.4. The van der Waals surface area contributed by atoms with Gasteiger partial charge in [-0.25, -0.2) is 4.21 Å². The number of halogens is 13. The number of carboxylic acid groups (broad SMARTS) is 1. The monoisotopic (exact) mass is 1820 g/mol. The number of hydrogen-bond acceptors (Lipinski definition) is 16. The third kappa shape index (κ3) is 43.1. The molecule has 18 nitrogen and oxygen atoms in total. The Balaban J connectivity index is 0.000000377. The first kappa shape index (κ1) is 106. The minimum atomic E-state index is -4.44. The van der Waals surface area contributed by atoms with Crippen LogP contribution in [-0.4, -0.2) is 98.3 Å². The number of ether oxygens (including phenoxy) is 8. The molecule has 0 bridgehead atoms. The Morgan fingerprint density at radius 2 is 0.849 bits per heavy atom. The van der Waals surface area contributed by atoms with E-state index in [1.54, 1.807) is 85.8 Å². The number of nitrogens with zero attached hydrogens (tertiary/aromatic N) is 1. The number of alkyl halides is 6. The maximum atomic E-state index is 13.0. The van der Waals surface area contributed by atoms with E-state index in [1.807, 2.05) is 112 Å². The molecule has 0 saturated carbocycles. The molecule has 9 aromatic rings. The zero-order valence-electron chi connectivity index (χ0n) is 65.7. The van der Waals surface area contributed by atoms with Crippen molar-refractivity contribution in [3.05, 3.63) is 287 Å². The first-order valence-corrected chi connectivity index (χ1v) is 41.4. The van der Waals surface area contributed by atoms with Gasteiger partial charge < -0.3 is 58.0 Å². The van der Waals surface area contributed by atoms with Crippen LogP contribution in [-0.2, 0) is 134 Å². The number of aliphatic carboxylic acids is 1. The first-order valence-electron chi connectivity index (χ1n) is 36.7. The summed E-state index contributed by atoms with van der Waals surface area (Å²) in [6.45, 7) is 12.7.